The quantitative estimate of drug-likeness (QED) is 0.802. The van der Waals surface area contributed by atoms with Gasteiger partial charge in [-0.1, -0.05) is 12.8 Å². The van der Waals surface area contributed by atoms with Crippen molar-refractivity contribution in [1.82, 2.24) is 19.4 Å². The number of aromatic nitrogens is 4. The van der Waals surface area contributed by atoms with Gasteiger partial charge in [0.25, 0.3) is 0 Å². The Morgan fingerprint density at radius 2 is 2.00 bits per heavy atom. The molecule has 6 nitrogen and oxygen atoms in total. The van der Waals surface area contributed by atoms with Gasteiger partial charge in [0.1, 0.15) is 11.5 Å². The summed E-state index contributed by atoms with van der Waals surface area (Å²) in [7, 11) is 1.91. The van der Waals surface area contributed by atoms with Crippen molar-refractivity contribution in [3.05, 3.63) is 17.7 Å². The highest BCUT2D eigenvalue weighted by Crippen LogP contribution is 2.36. The molecule has 2 aromatic rings. The molecule has 1 aliphatic rings. The van der Waals surface area contributed by atoms with Crippen LogP contribution >= 0.6 is 0 Å². The van der Waals surface area contributed by atoms with Gasteiger partial charge in [-0.3, -0.25) is 4.68 Å². The lowest BCUT2D eigenvalue weighted by molar-refractivity contribution is 0.648. The van der Waals surface area contributed by atoms with Crippen LogP contribution in [0, 0.1) is 6.92 Å². The molecule has 1 fully saturated rings. The van der Waals surface area contributed by atoms with E-state index in [4.69, 9.17) is 16.6 Å². The molecular weight excluding hydrogens is 240 g/mol. The van der Waals surface area contributed by atoms with E-state index in [0.717, 1.165) is 35.6 Å². The summed E-state index contributed by atoms with van der Waals surface area (Å²) < 4.78 is 3.37. The van der Waals surface area contributed by atoms with Crippen LogP contribution < -0.4 is 11.6 Å². The maximum atomic E-state index is 6.12. The number of aryl methyl sites for hydroxylation is 1. The van der Waals surface area contributed by atoms with Crippen molar-refractivity contribution in [1.29, 1.82) is 0 Å². The normalized spacial score (nSPS) is 16.3. The van der Waals surface area contributed by atoms with Crippen LogP contribution in [0.15, 0.2) is 6.20 Å². The lowest BCUT2D eigenvalue weighted by Crippen LogP contribution is -2.17. The van der Waals surface area contributed by atoms with E-state index in [1.807, 2.05) is 18.7 Å². The van der Waals surface area contributed by atoms with Gasteiger partial charge in [-0.05, 0) is 19.8 Å². The number of hydrogen-bond donors (Lipinski definition) is 2. The third kappa shape index (κ3) is 1.78. The predicted octanol–water partition coefficient (Wildman–Crippen LogP) is 1.55. The molecule has 0 bridgehead atoms. The summed E-state index contributed by atoms with van der Waals surface area (Å²) in [6.45, 7) is 2.01. The Hall–Kier alpha value is -1.98. The zero-order valence-electron chi connectivity index (χ0n) is 11.4. The highest BCUT2D eigenvalue weighted by atomic mass is 15.4. The zero-order chi connectivity index (χ0) is 13.6. The first-order valence-electron chi connectivity index (χ1n) is 6.71. The fraction of sp³-hybridized carbons (Fsp3) is 0.538. The van der Waals surface area contributed by atoms with E-state index in [1.165, 1.54) is 12.8 Å². The van der Waals surface area contributed by atoms with E-state index < -0.39 is 0 Å². The number of anilines is 1. The Bertz CT molecular complexity index is 603. The maximum Gasteiger partial charge on any atom is 0.150 e. The number of imidazole rings is 1. The van der Waals surface area contributed by atoms with E-state index in [9.17, 15) is 0 Å². The first kappa shape index (κ1) is 12.1. The van der Waals surface area contributed by atoms with Crippen LogP contribution in [0.2, 0.25) is 0 Å². The van der Waals surface area contributed by atoms with E-state index in [1.54, 1.807) is 10.9 Å². The molecule has 2 heterocycles. The number of nitrogens with zero attached hydrogens (tertiary/aromatic N) is 4. The van der Waals surface area contributed by atoms with Gasteiger partial charge in [0, 0.05) is 24.2 Å². The van der Waals surface area contributed by atoms with E-state index in [0.29, 0.717) is 11.7 Å². The molecule has 1 aliphatic carbocycles. The number of nitrogen functional groups attached to an aromatic ring is 2. The largest absolute Gasteiger partial charge is 0.382 e. The van der Waals surface area contributed by atoms with Crippen molar-refractivity contribution in [3.63, 3.8) is 0 Å². The van der Waals surface area contributed by atoms with Gasteiger partial charge in [-0.2, -0.15) is 5.10 Å². The minimum atomic E-state index is 0.443. The van der Waals surface area contributed by atoms with Crippen molar-refractivity contribution >= 4 is 5.82 Å². The molecule has 19 heavy (non-hydrogen) atoms. The fourth-order valence-electron chi connectivity index (χ4n) is 2.86. The molecule has 0 saturated heterocycles. The standard InChI is InChI=1S/C13H20N6/c1-8-10(7-16-18(8)2)11-12(14)19(15)13(17-11)9-5-3-4-6-9/h7,9H,3-6,14-15H2,1-2H3. The molecule has 0 radical (unpaired) electrons. The van der Waals surface area contributed by atoms with Crippen LogP contribution in [-0.4, -0.2) is 19.4 Å². The van der Waals surface area contributed by atoms with E-state index in [-0.39, 0.29) is 0 Å². The lowest BCUT2D eigenvalue weighted by Gasteiger charge is -2.08. The predicted molar refractivity (Wildman–Crippen MR) is 74.9 cm³/mol. The third-order valence-electron chi connectivity index (χ3n) is 4.19. The summed E-state index contributed by atoms with van der Waals surface area (Å²) in [5.74, 6) is 7.96. The topological polar surface area (TPSA) is 87.7 Å². The molecule has 0 unspecified atom stereocenters. The second kappa shape index (κ2) is 4.29. The molecule has 0 aromatic carbocycles. The Labute approximate surface area is 112 Å². The molecule has 2 aromatic heterocycles. The van der Waals surface area contributed by atoms with Crippen molar-refractivity contribution < 1.29 is 0 Å². The summed E-state index contributed by atoms with van der Waals surface area (Å²) in [5.41, 5.74) is 8.88. The van der Waals surface area contributed by atoms with Crippen LogP contribution in [-0.2, 0) is 7.05 Å². The van der Waals surface area contributed by atoms with Crippen LogP contribution in [0.4, 0.5) is 5.82 Å². The van der Waals surface area contributed by atoms with Gasteiger partial charge >= 0.3 is 0 Å². The molecule has 102 valence electrons. The SMILES string of the molecule is Cc1c(-c2nc(C3CCCC3)n(N)c2N)cnn1C. The Balaban J connectivity index is 2.07. The van der Waals surface area contributed by atoms with Crippen LogP contribution in [0.25, 0.3) is 11.3 Å². The minimum Gasteiger partial charge on any atom is -0.382 e. The molecule has 3 rings (SSSR count). The summed E-state index contributed by atoms with van der Waals surface area (Å²) in [6, 6.07) is 0. The highest BCUT2D eigenvalue weighted by Gasteiger charge is 2.26. The van der Waals surface area contributed by atoms with Gasteiger partial charge in [0.2, 0.25) is 0 Å². The second-order valence-corrected chi connectivity index (χ2v) is 5.32. The van der Waals surface area contributed by atoms with Crippen molar-refractivity contribution in [2.24, 2.45) is 7.05 Å². The lowest BCUT2D eigenvalue weighted by atomic mass is 10.1. The monoisotopic (exact) mass is 260 g/mol. The molecule has 4 N–H and O–H groups in total. The fourth-order valence-corrected chi connectivity index (χ4v) is 2.86. The maximum absolute atomic E-state index is 6.12. The average Bonchev–Trinajstić information content (AvgIpc) is 3.08. The van der Waals surface area contributed by atoms with Crippen molar-refractivity contribution in [2.75, 3.05) is 11.6 Å². The van der Waals surface area contributed by atoms with Crippen LogP contribution in [0.5, 0.6) is 0 Å². The number of rotatable bonds is 2. The smallest absolute Gasteiger partial charge is 0.150 e. The van der Waals surface area contributed by atoms with Gasteiger partial charge in [-0.25, -0.2) is 9.66 Å². The summed E-state index contributed by atoms with van der Waals surface area (Å²) in [4.78, 5) is 4.70. The molecule has 6 heteroatoms. The third-order valence-corrected chi connectivity index (χ3v) is 4.19. The van der Waals surface area contributed by atoms with Gasteiger partial charge < -0.3 is 11.6 Å². The second-order valence-electron chi connectivity index (χ2n) is 5.32. The Morgan fingerprint density at radius 1 is 1.32 bits per heavy atom. The average molecular weight is 260 g/mol. The van der Waals surface area contributed by atoms with Crippen LogP contribution in [0.1, 0.15) is 43.1 Å². The van der Waals surface area contributed by atoms with Crippen molar-refractivity contribution in [3.8, 4) is 11.3 Å². The first-order valence-corrected chi connectivity index (χ1v) is 6.71. The van der Waals surface area contributed by atoms with E-state index >= 15 is 0 Å². The zero-order valence-corrected chi connectivity index (χ0v) is 11.4. The number of hydrogen-bond acceptors (Lipinski definition) is 4. The Morgan fingerprint density at radius 3 is 2.58 bits per heavy atom. The molecule has 0 amide bonds. The first-order chi connectivity index (χ1) is 9.09. The Kier molecular flexibility index (Phi) is 2.73. The van der Waals surface area contributed by atoms with Gasteiger partial charge in [0.15, 0.2) is 5.82 Å². The molecule has 0 spiro atoms. The summed E-state index contributed by atoms with van der Waals surface area (Å²) >= 11 is 0. The van der Waals surface area contributed by atoms with E-state index in [2.05, 4.69) is 5.10 Å². The number of nitrogens with two attached hydrogens (primary N) is 2. The van der Waals surface area contributed by atoms with Gasteiger partial charge in [0.05, 0.1) is 6.20 Å². The molecule has 0 aliphatic heterocycles. The van der Waals surface area contributed by atoms with Gasteiger partial charge in [-0.15, -0.1) is 0 Å². The molecular formula is C13H20N6. The summed E-state index contributed by atoms with van der Waals surface area (Å²) in [5, 5.41) is 4.24. The highest BCUT2D eigenvalue weighted by molar-refractivity contribution is 5.72. The molecule has 1 saturated carbocycles. The molecule has 0 atom stereocenters. The van der Waals surface area contributed by atoms with Crippen molar-refractivity contribution in [2.45, 2.75) is 38.5 Å². The minimum absolute atomic E-state index is 0.443. The summed E-state index contributed by atoms with van der Waals surface area (Å²) in [6.07, 6.45) is 6.60. The van der Waals surface area contributed by atoms with Crippen LogP contribution in [0.3, 0.4) is 0 Å².